The molecule has 0 aromatic heterocycles. The van der Waals surface area contributed by atoms with Gasteiger partial charge >= 0.3 is 0 Å². The number of nitrogens with zero attached hydrogens (tertiary/aromatic N) is 1. The highest BCUT2D eigenvalue weighted by Gasteiger charge is 2.32. The molecule has 1 saturated carbocycles. The van der Waals surface area contributed by atoms with Crippen LogP contribution >= 0.6 is 0 Å². The van der Waals surface area contributed by atoms with Crippen LogP contribution in [0.5, 0.6) is 0 Å². The van der Waals surface area contributed by atoms with Crippen molar-refractivity contribution in [1.29, 1.82) is 0 Å². The average molecular weight is 292 g/mol. The van der Waals surface area contributed by atoms with Crippen LogP contribution in [0.25, 0.3) is 0 Å². The largest absolute Gasteiger partial charge is 0.399 e. The molecule has 0 amide bonds. The van der Waals surface area contributed by atoms with Gasteiger partial charge in [-0.15, -0.1) is 6.42 Å². The van der Waals surface area contributed by atoms with Crippen molar-refractivity contribution in [3.8, 4) is 12.3 Å². The highest BCUT2D eigenvalue weighted by molar-refractivity contribution is 7.89. The van der Waals surface area contributed by atoms with Gasteiger partial charge in [0.2, 0.25) is 10.0 Å². The summed E-state index contributed by atoms with van der Waals surface area (Å²) >= 11 is 0. The summed E-state index contributed by atoms with van der Waals surface area (Å²) < 4.78 is 27.0. The van der Waals surface area contributed by atoms with E-state index >= 15 is 0 Å². The molecule has 4 nitrogen and oxygen atoms in total. The maximum atomic E-state index is 12.8. The zero-order valence-electron chi connectivity index (χ0n) is 11.9. The van der Waals surface area contributed by atoms with Crippen LogP contribution in [-0.4, -0.2) is 25.8 Å². The minimum atomic E-state index is -3.58. The first-order valence-corrected chi connectivity index (χ1v) is 8.10. The van der Waals surface area contributed by atoms with Crippen molar-refractivity contribution >= 4 is 15.7 Å². The molecule has 1 aliphatic carbocycles. The zero-order valence-corrected chi connectivity index (χ0v) is 12.7. The lowest BCUT2D eigenvalue weighted by Gasteiger charge is -2.21. The van der Waals surface area contributed by atoms with Gasteiger partial charge < -0.3 is 5.73 Å². The predicted molar refractivity (Wildman–Crippen MR) is 80.6 cm³/mol. The molecule has 0 spiro atoms. The lowest BCUT2D eigenvalue weighted by Crippen LogP contribution is -2.34. The smallest absolute Gasteiger partial charge is 0.244 e. The molecule has 0 saturated heterocycles. The van der Waals surface area contributed by atoms with Crippen LogP contribution in [0.4, 0.5) is 5.69 Å². The van der Waals surface area contributed by atoms with Crippen LogP contribution in [0, 0.1) is 32.1 Å². The Morgan fingerprint density at radius 1 is 1.40 bits per heavy atom. The van der Waals surface area contributed by atoms with Crippen LogP contribution in [0.15, 0.2) is 17.0 Å². The summed E-state index contributed by atoms with van der Waals surface area (Å²) in [5, 5.41) is 0. The number of benzene rings is 1. The molecule has 0 atom stereocenters. The molecule has 1 aromatic rings. The van der Waals surface area contributed by atoms with Crippen molar-refractivity contribution in [3.05, 3.63) is 23.3 Å². The number of rotatable bonds is 5. The molecule has 1 aliphatic rings. The molecule has 0 radical (unpaired) electrons. The third-order valence-electron chi connectivity index (χ3n) is 3.69. The van der Waals surface area contributed by atoms with E-state index < -0.39 is 10.0 Å². The first-order chi connectivity index (χ1) is 9.36. The second kappa shape index (κ2) is 5.47. The maximum absolute atomic E-state index is 12.8. The first kappa shape index (κ1) is 14.9. The molecule has 0 aliphatic heterocycles. The topological polar surface area (TPSA) is 63.4 Å². The van der Waals surface area contributed by atoms with Gasteiger partial charge in [-0.25, -0.2) is 8.42 Å². The number of hydrogen-bond donors (Lipinski definition) is 1. The van der Waals surface area contributed by atoms with E-state index in [1.54, 1.807) is 13.0 Å². The summed E-state index contributed by atoms with van der Waals surface area (Å²) in [5.41, 5.74) is 7.85. The Morgan fingerprint density at radius 2 is 2.05 bits per heavy atom. The Kier molecular flexibility index (Phi) is 4.07. The summed E-state index contributed by atoms with van der Waals surface area (Å²) in [4.78, 5) is 0.269. The summed E-state index contributed by atoms with van der Waals surface area (Å²) in [6.07, 6.45) is 7.47. The fourth-order valence-electron chi connectivity index (χ4n) is 2.20. The average Bonchev–Trinajstić information content (AvgIpc) is 3.17. The molecule has 108 valence electrons. The van der Waals surface area contributed by atoms with Gasteiger partial charge in [0.25, 0.3) is 0 Å². The predicted octanol–water partition coefficient (Wildman–Crippen LogP) is 1.92. The van der Waals surface area contributed by atoms with Crippen LogP contribution in [0.2, 0.25) is 0 Å². The molecular weight excluding hydrogens is 272 g/mol. The van der Waals surface area contributed by atoms with Crippen molar-refractivity contribution in [2.24, 2.45) is 5.92 Å². The number of hydrogen-bond acceptors (Lipinski definition) is 3. The molecule has 1 aromatic carbocycles. The Labute approximate surface area is 121 Å². The molecule has 0 heterocycles. The van der Waals surface area contributed by atoms with E-state index in [2.05, 4.69) is 5.92 Å². The van der Waals surface area contributed by atoms with Crippen molar-refractivity contribution in [3.63, 3.8) is 0 Å². The number of anilines is 1. The van der Waals surface area contributed by atoms with E-state index in [1.807, 2.05) is 6.92 Å². The van der Waals surface area contributed by atoms with Crippen molar-refractivity contribution in [2.45, 2.75) is 31.6 Å². The van der Waals surface area contributed by atoms with Gasteiger partial charge in [0, 0.05) is 12.2 Å². The second-order valence-corrected chi connectivity index (χ2v) is 7.31. The van der Waals surface area contributed by atoms with Gasteiger partial charge in [0.15, 0.2) is 0 Å². The van der Waals surface area contributed by atoms with Crippen LogP contribution < -0.4 is 5.73 Å². The highest BCUT2D eigenvalue weighted by Crippen LogP contribution is 2.32. The first-order valence-electron chi connectivity index (χ1n) is 6.66. The van der Waals surface area contributed by atoms with Gasteiger partial charge in [-0.05, 0) is 55.9 Å². The Bertz CT molecular complexity index is 655. The van der Waals surface area contributed by atoms with Crippen LogP contribution in [-0.2, 0) is 10.0 Å². The molecule has 0 unspecified atom stereocenters. The van der Waals surface area contributed by atoms with Gasteiger partial charge in [0.1, 0.15) is 0 Å². The quantitative estimate of drug-likeness (QED) is 0.666. The van der Waals surface area contributed by atoms with Gasteiger partial charge in [-0.3, -0.25) is 0 Å². The molecule has 20 heavy (non-hydrogen) atoms. The minimum Gasteiger partial charge on any atom is -0.399 e. The number of nitrogen functional groups attached to an aromatic ring is 1. The lowest BCUT2D eigenvalue weighted by molar-refractivity contribution is 0.430. The number of nitrogens with two attached hydrogens (primary N) is 1. The minimum absolute atomic E-state index is 0.103. The number of sulfonamides is 1. The van der Waals surface area contributed by atoms with Gasteiger partial charge in [-0.2, -0.15) is 4.31 Å². The SMILES string of the molecule is C#CCN(CC1CC1)S(=O)(=O)c1cc(N)cc(C)c1C. The summed E-state index contributed by atoms with van der Waals surface area (Å²) in [5.74, 6) is 2.89. The standard InChI is InChI=1S/C15H20N2O2S/c1-4-7-17(10-13-5-6-13)20(18,19)15-9-14(16)8-11(2)12(15)3/h1,8-9,13H,5-7,10,16H2,2-3H3. The van der Waals surface area contributed by atoms with Crippen LogP contribution in [0.1, 0.15) is 24.0 Å². The molecule has 1 fully saturated rings. The Balaban J connectivity index is 2.44. The van der Waals surface area contributed by atoms with Crippen molar-refractivity contribution in [1.82, 2.24) is 4.31 Å². The van der Waals surface area contributed by atoms with E-state index in [-0.39, 0.29) is 11.4 Å². The van der Waals surface area contributed by atoms with E-state index in [0.29, 0.717) is 18.2 Å². The summed E-state index contributed by atoms with van der Waals surface area (Å²) in [7, 11) is -3.58. The lowest BCUT2D eigenvalue weighted by atomic mass is 10.1. The summed E-state index contributed by atoms with van der Waals surface area (Å²) in [6, 6.07) is 3.30. The third kappa shape index (κ3) is 2.97. The molecule has 0 bridgehead atoms. The fourth-order valence-corrected chi connectivity index (χ4v) is 3.96. The van der Waals surface area contributed by atoms with E-state index in [0.717, 1.165) is 24.0 Å². The molecule has 2 rings (SSSR count). The molecule has 5 heteroatoms. The van der Waals surface area contributed by atoms with Gasteiger partial charge in [-0.1, -0.05) is 5.92 Å². The highest BCUT2D eigenvalue weighted by atomic mass is 32.2. The van der Waals surface area contributed by atoms with Crippen molar-refractivity contribution < 1.29 is 8.42 Å². The van der Waals surface area contributed by atoms with Crippen LogP contribution in [0.3, 0.4) is 0 Å². The molecular formula is C15H20N2O2S. The third-order valence-corrected chi connectivity index (χ3v) is 5.62. The number of terminal acetylenes is 1. The van der Waals surface area contributed by atoms with Crippen molar-refractivity contribution in [2.75, 3.05) is 18.8 Å². The van der Waals surface area contributed by atoms with Gasteiger partial charge in [0.05, 0.1) is 11.4 Å². The Hall–Kier alpha value is -1.51. The summed E-state index contributed by atoms with van der Waals surface area (Å²) in [6.45, 7) is 4.26. The van der Waals surface area contributed by atoms with E-state index in [1.165, 1.54) is 10.4 Å². The normalized spacial score (nSPS) is 15.3. The van der Waals surface area contributed by atoms with E-state index in [4.69, 9.17) is 12.2 Å². The monoisotopic (exact) mass is 292 g/mol. The van der Waals surface area contributed by atoms with E-state index in [9.17, 15) is 8.42 Å². The Morgan fingerprint density at radius 3 is 2.60 bits per heavy atom. The number of aryl methyl sites for hydroxylation is 1. The maximum Gasteiger partial charge on any atom is 0.244 e. The molecule has 2 N–H and O–H groups in total. The fraction of sp³-hybridized carbons (Fsp3) is 0.467. The zero-order chi connectivity index (χ0) is 14.9. The second-order valence-electron chi connectivity index (χ2n) is 5.41.